The smallest absolute Gasteiger partial charge is 0.331 e. The van der Waals surface area contributed by atoms with Gasteiger partial charge in [0.25, 0.3) is 5.91 Å². The van der Waals surface area contributed by atoms with Gasteiger partial charge in [-0.3, -0.25) is 4.79 Å². The highest BCUT2D eigenvalue weighted by Gasteiger charge is 2.06. The van der Waals surface area contributed by atoms with Gasteiger partial charge in [-0.25, -0.2) is 4.79 Å². The Balaban J connectivity index is 1.85. The van der Waals surface area contributed by atoms with Gasteiger partial charge in [-0.05, 0) is 48.2 Å². The summed E-state index contributed by atoms with van der Waals surface area (Å²) in [5.74, 6) is -0.761. The standard InChI is InChI=1S/C19H19NO5S/c1-24-17-10-13(6-8-16(17)21)7-9-19(23)25-12-18(22)20-14-4-3-5-15(11-14)26-2/h3-11,21H,12H2,1-2H3,(H,20,22)/b9-7+. The fraction of sp³-hybridized carbons (Fsp3) is 0.158. The Morgan fingerprint density at radius 2 is 2.04 bits per heavy atom. The molecule has 0 saturated heterocycles. The minimum atomic E-state index is -0.648. The van der Waals surface area contributed by atoms with Crippen molar-refractivity contribution in [2.45, 2.75) is 4.90 Å². The zero-order chi connectivity index (χ0) is 18.9. The number of rotatable bonds is 7. The Morgan fingerprint density at radius 3 is 2.77 bits per heavy atom. The number of phenols is 1. The third kappa shape index (κ3) is 5.86. The average molecular weight is 373 g/mol. The van der Waals surface area contributed by atoms with Gasteiger partial charge in [0, 0.05) is 16.7 Å². The average Bonchev–Trinajstić information content (AvgIpc) is 2.65. The first kappa shape index (κ1) is 19.4. The van der Waals surface area contributed by atoms with E-state index in [-0.39, 0.29) is 12.4 Å². The number of carbonyl (C=O) groups is 2. The van der Waals surface area contributed by atoms with E-state index in [1.807, 2.05) is 24.5 Å². The molecule has 2 aromatic rings. The lowest BCUT2D eigenvalue weighted by Crippen LogP contribution is -2.20. The van der Waals surface area contributed by atoms with Crippen molar-refractivity contribution in [2.75, 3.05) is 25.3 Å². The van der Waals surface area contributed by atoms with Gasteiger partial charge >= 0.3 is 5.97 Å². The summed E-state index contributed by atoms with van der Waals surface area (Å²) >= 11 is 1.57. The topological polar surface area (TPSA) is 84.9 Å². The number of carbonyl (C=O) groups excluding carboxylic acids is 2. The predicted octanol–water partition coefficient (Wildman–Crippen LogP) is 3.32. The van der Waals surface area contributed by atoms with Gasteiger partial charge in [-0.1, -0.05) is 12.1 Å². The molecule has 2 rings (SSSR count). The fourth-order valence-corrected chi connectivity index (χ4v) is 2.50. The van der Waals surface area contributed by atoms with Gasteiger partial charge in [0.15, 0.2) is 18.1 Å². The number of nitrogens with one attached hydrogen (secondary N) is 1. The highest BCUT2D eigenvalue weighted by Crippen LogP contribution is 2.26. The highest BCUT2D eigenvalue weighted by atomic mass is 32.2. The molecule has 7 heteroatoms. The van der Waals surface area contributed by atoms with Crippen LogP contribution in [0.4, 0.5) is 5.69 Å². The molecule has 6 nitrogen and oxygen atoms in total. The lowest BCUT2D eigenvalue weighted by molar-refractivity contribution is -0.142. The maximum Gasteiger partial charge on any atom is 0.331 e. The second-order valence-electron chi connectivity index (χ2n) is 5.15. The number of anilines is 1. The Labute approximate surface area is 155 Å². The van der Waals surface area contributed by atoms with Gasteiger partial charge < -0.3 is 19.9 Å². The summed E-state index contributed by atoms with van der Waals surface area (Å²) in [5, 5.41) is 12.2. The van der Waals surface area contributed by atoms with E-state index in [2.05, 4.69) is 5.32 Å². The zero-order valence-electron chi connectivity index (χ0n) is 14.4. The molecule has 0 aromatic heterocycles. The lowest BCUT2D eigenvalue weighted by Gasteiger charge is -2.06. The Kier molecular flexibility index (Phi) is 7.11. The normalized spacial score (nSPS) is 10.5. The minimum Gasteiger partial charge on any atom is -0.504 e. The fourth-order valence-electron chi connectivity index (χ4n) is 2.04. The maximum absolute atomic E-state index is 11.8. The quantitative estimate of drug-likeness (QED) is 0.440. The van der Waals surface area contributed by atoms with Crippen molar-refractivity contribution in [3.63, 3.8) is 0 Å². The maximum atomic E-state index is 11.8. The number of amides is 1. The summed E-state index contributed by atoms with van der Waals surface area (Å²) in [5.41, 5.74) is 1.29. The molecule has 2 aromatic carbocycles. The Morgan fingerprint density at radius 1 is 1.23 bits per heavy atom. The summed E-state index contributed by atoms with van der Waals surface area (Å²) in [6, 6.07) is 12.0. The van der Waals surface area contributed by atoms with Gasteiger partial charge in [0.2, 0.25) is 0 Å². The molecule has 0 radical (unpaired) electrons. The number of esters is 1. The summed E-state index contributed by atoms with van der Waals surface area (Å²) in [6.45, 7) is -0.383. The van der Waals surface area contributed by atoms with Gasteiger partial charge in [-0.2, -0.15) is 0 Å². The first-order valence-corrected chi connectivity index (χ1v) is 8.90. The summed E-state index contributed by atoms with van der Waals surface area (Å²) in [4.78, 5) is 24.6. The molecule has 0 fully saturated rings. The van der Waals surface area contributed by atoms with Crippen molar-refractivity contribution in [3.8, 4) is 11.5 Å². The number of aromatic hydroxyl groups is 1. The third-order valence-corrected chi connectivity index (χ3v) is 4.04. The van der Waals surface area contributed by atoms with Crippen LogP contribution in [0.15, 0.2) is 53.4 Å². The van der Waals surface area contributed by atoms with Crippen LogP contribution < -0.4 is 10.1 Å². The van der Waals surface area contributed by atoms with Crippen molar-refractivity contribution in [1.29, 1.82) is 0 Å². The molecule has 0 aliphatic heterocycles. The van der Waals surface area contributed by atoms with E-state index in [4.69, 9.17) is 9.47 Å². The molecule has 136 valence electrons. The number of thioether (sulfide) groups is 1. The summed E-state index contributed by atoms with van der Waals surface area (Å²) in [6.07, 6.45) is 4.65. The van der Waals surface area contributed by atoms with Crippen molar-refractivity contribution in [1.82, 2.24) is 0 Å². The van der Waals surface area contributed by atoms with Crippen LogP contribution in [0, 0.1) is 0 Å². The number of hydrogen-bond acceptors (Lipinski definition) is 6. The van der Waals surface area contributed by atoms with E-state index in [9.17, 15) is 14.7 Å². The number of methoxy groups -OCH3 is 1. The molecule has 0 atom stereocenters. The van der Waals surface area contributed by atoms with E-state index < -0.39 is 11.9 Å². The molecule has 0 saturated carbocycles. The molecule has 2 N–H and O–H groups in total. The van der Waals surface area contributed by atoms with E-state index in [0.717, 1.165) is 4.90 Å². The Bertz CT molecular complexity index is 819. The molecule has 0 aliphatic rings. The molecule has 1 amide bonds. The number of phenolic OH excluding ortho intramolecular Hbond substituents is 1. The number of ether oxygens (including phenoxy) is 2. The molecule has 0 bridgehead atoms. The Hall–Kier alpha value is -2.93. The van der Waals surface area contributed by atoms with E-state index in [1.54, 1.807) is 30.0 Å². The minimum absolute atomic E-state index is 0.00874. The van der Waals surface area contributed by atoms with Crippen molar-refractivity contribution < 1.29 is 24.2 Å². The predicted molar refractivity (Wildman–Crippen MR) is 102 cm³/mol. The summed E-state index contributed by atoms with van der Waals surface area (Å²) < 4.78 is 9.90. The van der Waals surface area contributed by atoms with E-state index in [1.165, 1.54) is 25.3 Å². The first-order chi connectivity index (χ1) is 12.5. The number of hydrogen-bond donors (Lipinski definition) is 2. The van der Waals surface area contributed by atoms with Crippen LogP contribution in [0.5, 0.6) is 11.5 Å². The first-order valence-electron chi connectivity index (χ1n) is 7.67. The second kappa shape index (κ2) is 9.53. The molecule has 0 aliphatic carbocycles. The second-order valence-corrected chi connectivity index (χ2v) is 6.03. The molecule has 0 spiro atoms. The van der Waals surface area contributed by atoms with Crippen LogP contribution >= 0.6 is 11.8 Å². The van der Waals surface area contributed by atoms with Crippen LogP contribution in [0.3, 0.4) is 0 Å². The van der Waals surface area contributed by atoms with Crippen molar-refractivity contribution >= 4 is 35.4 Å². The molecule has 0 heterocycles. The van der Waals surface area contributed by atoms with Gasteiger partial charge in [-0.15, -0.1) is 11.8 Å². The lowest BCUT2D eigenvalue weighted by atomic mass is 10.2. The van der Waals surface area contributed by atoms with E-state index >= 15 is 0 Å². The third-order valence-electron chi connectivity index (χ3n) is 3.31. The van der Waals surface area contributed by atoms with E-state index in [0.29, 0.717) is 17.0 Å². The van der Waals surface area contributed by atoms with Gasteiger partial charge in [0.05, 0.1) is 7.11 Å². The molecule has 0 unspecified atom stereocenters. The van der Waals surface area contributed by atoms with Crippen LogP contribution in [0.1, 0.15) is 5.56 Å². The van der Waals surface area contributed by atoms with Crippen LogP contribution in [-0.4, -0.2) is 37.0 Å². The van der Waals surface area contributed by atoms with Crippen molar-refractivity contribution in [3.05, 3.63) is 54.1 Å². The largest absolute Gasteiger partial charge is 0.504 e. The molecular formula is C19H19NO5S. The van der Waals surface area contributed by atoms with Crippen molar-refractivity contribution in [2.24, 2.45) is 0 Å². The van der Waals surface area contributed by atoms with Crippen LogP contribution in [0.2, 0.25) is 0 Å². The summed E-state index contributed by atoms with van der Waals surface area (Å²) in [7, 11) is 1.43. The van der Waals surface area contributed by atoms with Gasteiger partial charge in [0.1, 0.15) is 0 Å². The van der Waals surface area contributed by atoms with Crippen LogP contribution in [-0.2, 0) is 14.3 Å². The highest BCUT2D eigenvalue weighted by molar-refractivity contribution is 7.98. The van der Waals surface area contributed by atoms with Crippen LogP contribution in [0.25, 0.3) is 6.08 Å². The zero-order valence-corrected chi connectivity index (χ0v) is 15.2. The monoisotopic (exact) mass is 373 g/mol. The molecular weight excluding hydrogens is 354 g/mol. The molecule has 26 heavy (non-hydrogen) atoms. The number of benzene rings is 2. The SMILES string of the molecule is COc1cc(/C=C/C(=O)OCC(=O)Nc2cccc(SC)c2)ccc1O.